The van der Waals surface area contributed by atoms with Gasteiger partial charge in [-0.1, -0.05) is 25.9 Å². The van der Waals surface area contributed by atoms with Crippen molar-refractivity contribution in [3.8, 4) is 0 Å². The molecule has 0 spiro atoms. The lowest BCUT2D eigenvalue weighted by Gasteiger charge is -2.10. The fourth-order valence-electron chi connectivity index (χ4n) is 1.92. The number of Topliss-reactive ketones (excluding diaryl/α,β-unsaturated/α-hetero) is 1. The number of rotatable bonds is 7. The maximum atomic E-state index is 11.9. The Morgan fingerprint density at radius 2 is 2.04 bits per heavy atom. The van der Waals surface area contributed by atoms with E-state index in [9.17, 15) is 9.59 Å². The van der Waals surface area contributed by atoms with Crippen LogP contribution in [0.3, 0.4) is 0 Å². The van der Waals surface area contributed by atoms with E-state index in [0.29, 0.717) is 29.4 Å². The molecule has 2 aromatic heterocycles. The highest BCUT2D eigenvalue weighted by Gasteiger charge is 2.21. The quantitative estimate of drug-likeness (QED) is 0.561. The van der Waals surface area contributed by atoms with Crippen molar-refractivity contribution in [2.45, 2.75) is 52.4 Å². The summed E-state index contributed by atoms with van der Waals surface area (Å²) in [5.41, 5.74) is -0.165. The van der Waals surface area contributed by atoms with E-state index in [2.05, 4.69) is 10.1 Å². The summed E-state index contributed by atoms with van der Waals surface area (Å²) in [7, 11) is 0. The molecule has 0 saturated heterocycles. The van der Waals surface area contributed by atoms with Crippen molar-refractivity contribution in [2.24, 2.45) is 0 Å². The normalized spacial score (nSPS) is 11.5. The summed E-state index contributed by atoms with van der Waals surface area (Å²) >= 11 is 1.40. The molecular weight excluding hydrogens is 328 g/mol. The summed E-state index contributed by atoms with van der Waals surface area (Å²) in [4.78, 5) is 29.5. The molecule has 0 radical (unpaired) electrons. The number of hydrogen-bond acceptors (Lipinski definition) is 7. The smallest absolute Gasteiger partial charge is 0.306 e. The summed E-state index contributed by atoms with van der Waals surface area (Å²) in [5, 5.41) is 3.93. The number of ketones is 1. The molecule has 0 N–H and O–H groups in total. The van der Waals surface area contributed by atoms with Crippen molar-refractivity contribution in [1.29, 1.82) is 0 Å². The van der Waals surface area contributed by atoms with Gasteiger partial charge in [0.25, 0.3) is 0 Å². The van der Waals surface area contributed by atoms with Gasteiger partial charge >= 0.3 is 5.97 Å². The number of ether oxygens (including phenoxy) is 1. The molecule has 0 saturated carbocycles. The summed E-state index contributed by atoms with van der Waals surface area (Å²) in [6.45, 7) is 7.73. The Bertz CT molecular complexity index is 712. The number of aryl methyl sites for hydroxylation is 2. The van der Waals surface area contributed by atoms with Crippen LogP contribution < -0.4 is 0 Å². The highest BCUT2D eigenvalue weighted by atomic mass is 32.1. The third-order valence-corrected chi connectivity index (χ3v) is 4.33. The molecule has 2 aromatic rings. The van der Waals surface area contributed by atoms with Crippen LogP contribution in [-0.2, 0) is 21.4 Å². The molecule has 0 amide bonds. The molecule has 6 nitrogen and oxygen atoms in total. The molecule has 0 aliphatic rings. The van der Waals surface area contributed by atoms with Crippen LogP contribution in [0.15, 0.2) is 16.7 Å². The minimum atomic E-state index is -0.396. The van der Waals surface area contributed by atoms with Crippen molar-refractivity contribution in [1.82, 2.24) is 10.1 Å². The number of hydrogen-bond donors (Lipinski definition) is 0. The SMILES string of the molecule is Cc1ccc(C(=O)COC(=O)CCCc2nc(C(C)(C)C)no2)s1. The third kappa shape index (κ3) is 5.26. The van der Waals surface area contributed by atoms with Gasteiger partial charge in [-0.25, -0.2) is 0 Å². The van der Waals surface area contributed by atoms with Crippen molar-refractivity contribution in [3.63, 3.8) is 0 Å². The molecule has 0 atom stereocenters. The lowest BCUT2D eigenvalue weighted by Crippen LogP contribution is -2.13. The van der Waals surface area contributed by atoms with Gasteiger partial charge < -0.3 is 9.26 Å². The highest BCUT2D eigenvalue weighted by molar-refractivity contribution is 7.14. The number of thiophene rings is 1. The zero-order valence-corrected chi connectivity index (χ0v) is 15.2. The van der Waals surface area contributed by atoms with Gasteiger partial charge in [-0.05, 0) is 25.5 Å². The first-order valence-electron chi connectivity index (χ1n) is 7.84. The molecule has 2 heterocycles. The molecule has 0 aromatic carbocycles. The molecule has 0 aliphatic carbocycles. The van der Waals surface area contributed by atoms with Gasteiger partial charge in [0.05, 0.1) is 4.88 Å². The Hall–Kier alpha value is -2.02. The predicted octanol–water partition coefficient (Wildman–Crippen LogP) is 3.49. The second-order valence-corrected chi connectivity index (χ2v) is 7.90. The van der Waals surface area contributed by atoms with Gasteiger partial charge in [0.15, 0.2) is 12.4 Å². The van der Waals surface area contributed by atoms with Crippen LogP contribution in [-0.4, -0.2) is 28.5 Å². The average molecular weight is 350 g/mol. The van der Waals surface area contributed by atoms with E-state index in [-0.39, 0.29) is 24.2 Å². The number of carbonyl (C=O) groups is 2. The van der Waals surface area contributed by atoms with E-state index in [1.807, 2.05) is 33.8 Å². The standard InChI is InChI=1S/C17H22N2O4S/c1-11-8-9-13(24-11)12(20)10-22-15(21)7-5-6-14-18-16(19-23-14)17(2,3)4/h8-9H,5-7,10H2,1-4H3. The summed E-state index contributed by atoms with van der Waals surface area (Å²) in [6, 6.07) is 3.62. The van der Waals surface area contributed by atoms with Gasteiger partial charge in [-0.15, -0.1) is 11.3 Å². The van der Waals surface area contributed by atoms with E-state index in [0.717, 1.165) is 4.88 Å². The predicted molar refractivity (Wildman–Crippen MR) is 90.3 cm³/mol. The molecule has 0 aliphatic heterocycles. The van der Waals surface area contributed by atoms with Gasteiger partial charge in [0, 0.05) is 23.1 Å². The second kappa shape index (κ2) is 7.70. The Morgan fingerprint density at radius 1 is 1.29 bits per heavy atom. The van der Waals surface area contributed by atoms with Gasteiger partial charge in [-0.3, -0.25) is 9.59 Å². The molecule has 0 bridgehead atoms. The molecule has 0 fully saturated rings. The molecule has 130 valence electrons. The molecule has 7 heteroatoms. The minimum absolute atomic E-state index is 0.165. The molecule has 0 unspecified atom stereocenters. The maximum Gasteiger partial charge on any atom is 0.306 e. The zero-order valence-electron chi connectivity index (χ0n) is 14.4. The second-order valence-electron chi connectivity index (χ2n) is 6.61. The summed E-state index contributed by atoms with van der Waals surface area (Å²) < 4.78 is 10.2. The Labute approximate surface area is 145 Å². The fraction of sp³-hybridized carbons (Fsp3) is 0.529. The molecular formula is C17H22N2O4S. The number of esters is 1. The van der Waals surface area contributed by atoms with Gasteiger partial charge in [0.1, 0.15) is 0 Å². The average Bonchev–Trinajstić information content (AvgIpc) is 3.13. The first-order valence-corrected chi connectivity index (χ1v) is 8.65. The van der Waals surface area contributed by atoms with Crippen molar-refractivity contribution in [2.75, 3.05) is 6.61 Å². The van der Waals surface area contributed by atoms with Crippen LogP contribution in [0, 0.1) is 6.92 Å². The maximum absolute atomic E-state index is 11.9. The van der Waals surface area contributed by atoms with E-state index < -0.39 is 5.97 Å². The van der Waals surface area contributed by atoms with Crippen LogP contribution >= 0.6 is 11.3 Å². The van der Waals surface area contributed by atoms with Gasteiger partial charge in [-0.2, -0.15) is 4.98 Å². The highest BCUT2D eigenvalue weighted by Crippen LogP contribution is 2.19. The van der Waals surface area contributed by atoms with Crippen LogP contribution in [0.2, 0.25) is 0 Å². The van der Waals surface area contributed by atoms with Crippen LogP contribution in [0.1, 0.15) is 59.9 Å². The first kappa shape index (κ1) is 18.3. The third-order valence-electron chi connectivity index (χ3n) is 3.29. The van der Waals surface area contributed by atoms with Crippen molar-refractivity contribution in [3.05, 3.63) is 33.6 Å². The monoisotopic (exact) mass is 350 g/mol. The van der Waals surface area contributed by atoms with E-state index in [4.69, 9.17) is 9.26 Å². The number of nitrogens with zero attached hydrogens (tertiary/aromatic N) is 2. The Balaban J connectivity index is 1.70. The lowest BCUT2D eigenvalue weighted by molar-refractivity contribution is -0.142. The lowest BCUT2D eigenvalue weighted by atomic mass is 9.96. The van der Waals surface area contributed by atoms with Crippen LogP contribution in [0.25, 0.3) is 0 Å². The summed E-state index contributed by atoms with van der Waals surface area (Å²) in [5.74, 6) is 0.593. The van der Waals surface area contributed by atoms with E-state index >= 15 is 0 Å². The number of aromatic nitrogens is 2. The Kier molecular flexibility index (Phi) is 5.88. The van der Waals surface area contributed by atoms with Gasteiger partial charge in [0.2, 0.25) is 11.7 Å². The van der Waals surface area contributed by atoms with E-state index in [1.165, 1.54) is 11.3 Å². The number of carbonyl (C=O) groups excluding carboxylic acids is 2. The largest absolute Gasteiger partial charge is 0.457 e. The summed E-state index contributed by atoms with van der Waals surface area (Å²) in [6.07, 6.45) is 1.26. The molecule has 2 rings (SSSR count). The minimum Gasteiger partial charge on any atom is -0.457 e. The first-order chi connectivity index (χ1) is 11.3. The zero-order chi connectivity index (χ0) is 17.7. The topological polar surface area (TPSA) is 82.3 Å². The fourth-order valence-corrected chi connectivity index (χ4v) is 2.71. The Morgan fingerprint density at radius 3 is 2.62 bits per heavy atom. The van der Waals surface area contributed by atoms with Crippen molar-refractivity contribution < 1.29 is 18.8 Å². The van der Waals surface area contributed by atoms with E-state index in [1.54, 1.807) is 6.07 Å². The van der Waals surface area contributed by atoms with Crippen LogP contribution in [0.5, 0.6) is 0 Å². The molecule has 24 heavy (non-hydrogen) atoms. The van der Waals surface area contributed by atoms with Crippen molar-refractivity contribution >= 4 is 23.1 Å². The van der Waals surface area contributed by atoms with Crippen LogP contribution in [0.4, 0.5) is 0 Å².